The summed E-state index contributed by atoms with van der Waals surface area (Å²) in [5.41, 5.74) is 3.85. The first-order valence-electron chi connectivity index (χ1n) is 10.1. The number of rotatable bonds is 4. The molecule has 0 radical (unpaired) electrons. The molecule has 2 aliphatic rings. The summed E-state index contributed by atoms with van der Waals surface area (Å²) in [5.74, 6) is -0.992. The minimum atomic E-state index is -0.875. The van der Waals surface area contributed by atoms with Gasteiger partial charge in [0.1, 0.15) is 6.04 Å². The minimum absolute atomic E-state index is 0.194. The van der Waals surface area contributed by atoms with E-state index in [0.29, 0.717) is 30.6 Å². The number of hydrogen-bond donors (Lipinski definition) is 1. The first-order chi connectivity index (χ1) is 14.6. The molecule has 0 spiro atoms. The van der Waals surface area contributed by atoms with Crippen LogP contribution < -0.4 is 0 Å². The smallest absolute Gasteiger partial charge is 0.262 e. The number of carbonyl (C=O) groups excluding carboxylic acids is 3. The van der Waals surface area contributed by atoms with Crippen molar-refractivity contribution in [3.63, 3.8) is 0 Å². The predicted octanol–water partition coefficient (Wildman–Crippen LogP) is 2.81. The summed E-state index contributed by atoms with van der Waals surface area (Å²) in [6.45, 7) is 1.03. The molecule has 0 saturated heterocycles. The Bertz CT molecular complexity index is 1100. The molecule has 1 aromatic heterocycles. The Morgan fingerprint density at radius 3 is 2.30 bits per heavy atom. The van der Waals surface area contributed by atoms with Gasteiger partial charge in [0.2, 0.25) is 5.91 Å². The number of fused-ring (bicyclic) bond motifs is 2. The zero-order chi connectivity index (χ0) is 20.7. The van der Waals surface area contributed by atoms with Gasteiger partial charge in [0.05, 0.1) is 11.1 Å². The molecular formula is C24H21N3O3. The van der Waals surface area contributed by atoms with E-state index < -0.39 is 17.9 Å². The van der Waals surface area contributed by atoms with E-state index in [4.69, 9.17) is 0 Å². The van der Waals surface area contributed by atoms with Gasteiger partial charge in [-0.1, -0.05) is 42.5 Å². The summed E-state index contributed by atoms with van der Waals surface area (Å²) < 4.78 is 0. The van der Waals surface area contributed by atoms with Crippen molar-refractivity contribution in [2.45, 2.75) is 25.4 Å². The first kappa shape index (κ1) is 18.4. The molecule has 1 atom stereocenters. The van der Waals surface area contributed by atoms with E-state index in [9.17, 15) is 14.4 Å². The summed E-state index contributed by atoms with van der Waals surface area (Å²) >= 11 is 0. The molecule has 0 aliphatic carbocycles. The van der Waals surface area contributed by atoms with Gasteiger partial charge in [0, 0.05) is 37.8 Å². The highest BCUT2D eigenvalue weighted by Gasteiger charge is 2.44. The molecular weight excluding hydrogens is 378 g/mol. The number of amides is 3. The van der Waals surface area contributed by atoms with E-state index in [0.717, 1.165) is 28.1 Å². The Morgan fingerprint density at radius 1 is 0.933 bits per heavy atom. The normalized spacial score (nSPS) is 16.4. The molecule has 1 unspecified atom stereocenters. The number of H-pyrrole nitrogens is 1. The zero-order valence-electron chi connectivity index (χ0n) is 16.4. The molecule has 150 valence electrons. The van der Waals surface area contributed by atoms with Crippen LogP contribution in [0.2, 0.25) is 0 Å². The van der Waals surface area contributed by atoms with E-state index in [1.54, 1.807) is 29.2 Å². The maximum Gasteiger partial charge on any atom is 0.262 e. The lowest BCUT2D eigenvalue weighted by Gasteiger charge is -2.33. The van der Waals surface area contributed by atoms with E-state index in [2.05, 4.69) is 4.98 Å². The van der Waals surface area contributed by atoms with Crippen LogP contribution in [0, 0.1) is 0 Å². The fourth-order valence-electron chi connectivity index (χ4n) is 4.36. The number of carbonyl (C=O) groups is 3. The van der Waals surface area contributed by atoms with Crippen molar-refractivity contribution >= 4 is 17.7 Å². The molecule has 1 N–H and O–H groups in total. The molecule has 3 amide bonds. The number of benzene rings is 2. The highest BCUT2D eigenvalue weighted by molar-refractivity contribution is 6.22. The molecule has 0 bridgehead atoms. The largest absolute Gasteiger partial charge is 0.365 e. The van der Waals surface area contributed by atoms with Gasteiger partial charge in [-0.15, -0.1) is 0 Å². The SMILES string of the molecule is O=C(C(Cc1ccccc1)N1C(=O)c2ccccc2C1=O)N1CCc2[nH]ccc2C1. The number of nitrogens with one attached hydrogen (secondary N) is 1. The number of imide groups is 1. The lowest BCUT2D eigenvalue weighted by molar-refractivity contribution is -0.136. The van der Waals surface area contributed by atoms with Gasteiger partial charge in [-0.3, -0.25) is 19.3 Å². The van der Waals surface area contributed by atoms with Crippen LogP contribution in [-0.4, -0.2) is 45.1 Å². The Labute approximate surface area is 174 Å². The third-order valence-corrected chi connectivity index (χ3v) is 5.93. The Hall–Kier alpha value is -3.67. The van der Waals surface area contributed by atoms with Crippen molar-refractivity contribution in [2.75, 3.05) is 6.54 Å². The molecule has 3 heterocycles. The number of nitrogens with zero attached hydrogens (tertiary/aromatic N) is 2. The van der Waals surface area contributed by atoms with Crippen molar-refractivity contribution in [1.29, 1.82) is 0 Å². The summed E-state index contributed by atoms with van der Waals surface area (Å²) in [4.78, 5) is 46.0. The second-order valence-corrected chi connectivity index (χ2v) is 7.72. The minimum Gasteiger partial charge on any atom is -0.365 e. The van der Waals surface area contributed by atoms with Crippen molar-refractivity contribution in [3.8, 4) is 0 Å². The van der Waals surface area contributed by atoms with Crippen LogP contribution in [0.25, 0.3) is 0 Å². The lowest BCUT2D eigenvalue weighted by Crippen LogP contribution is -2.52. The van der Waals surface area contributed by atoms with E-state index in [1.807, 2.05) is 42.6 Å². The Balaban J connectivity index is 1.49. The Kier molecular flexibility index (Phi) is 4.47. The van der Waals surface area contributed by atoms with Gasteiger partial charge in [0.25, 0.3) is 11.8 Å². The van der Waals surface area contributed by atoms with Crippen molar-refractivity contribution in [3.05, 3.63) is 94.8 Å². The topological polar surface area (TPSA) is 73.5 Å². The van der Waals surface area contributed by atoms with E-state index >= 15 is 0 Å². The van der Waals surface area contributed by atoms with Gasteiger partial charge in [0.15, 0.2) is 0 Å². The van der Waals surface area contributed by atoms with Crippen LogP contribution in [0.5, 0.6) is 0 Å². The molecule has 5 rings (SSSR count). The standard InChI is InChI=1S/C24H21N3O3/c28-22-18-8-4-5-9-19(18)23(29)27(22)21(14-16-6-2-1-3-7-16)24(30)26-13-11-20-17(15-26)10-12-25-20/h1-10,12,21,25H,11,13-15H2. The molecule has 30 heavy (non-hydrogen) atoms. The highest BCUT2D eigenvalue weighted by Crippen LogP contribution is 2.28. The van der Waals surface area contributed by atoms with Crippen LogP contribution >= 0.6 is 0 Å². The maximum atomic E-state index is 13.6. The van der Waals surface area contributed by atoms with Crippen LogP contribution in [0.4, 0.5) is 0 Å². The molecule has 6 nitrogen and oxygen atoms in total. The fraction of sp³-hybridized carbons (Fsp3) is 0.208. The second kappa shape index (κ2) is 7.30. The number of aromatic nitrogens is 1. The first-order valence-corrected chi connectivity index (χ1v) is 10.1. The number of aromatic amines is 1. The van der Waals surface area contributed by atoms with Crippen LogP contribution in [0.15, 0.2) is 66.9 Å². The third-order valence-electron chi connectivity index (χ3n) is 5.93. The predicted molar refractivity (Wildman–Crippen MR) is 111 cm³/mol. The summed E-state index contributed by atoms with van der Waals surface area (Å²) in [7, 11) is 0. The maximum absolute atomic E-state index is 13.6. The summed E-state index contributed by atoms with van der Waals surface area (Å²) in [6.07, 6.45) is 2.90. The fourth-order valence-corrected chi connectivity index (χ4v) is 4.36. The monoisotopic (exact) mass is 399 g/mol. The van der Waals surface area contributed by atoms with Gasteiger partial charge >= 0.3 is 0 Å². The summed E-state index contributed by atoms with van der Waals surface area (Å²) in [5, 5.41) is 0. The molecule has 3 aromatic rings. The third kappa shape index (κ3) is 3.01. The van der Waals surface area contributed by atoms with Gasteiger partial charge < -0.3 is 9.88 Å². The van der Waals surface area contributed by atoms with Crippen LogP contribution in [0.1, 0.15) is 37.5 Å². The second-order valence-electron chi connectivity index (χ2n) is 7.72. The lowest BCUT2D eigenvalue weighted by atomic mass is 10.0. The zero-order valence-corrected chi connectivity index (χ0v) is 16.4. The molecule has 6 heteroatoms. The van der Waals surface area contributed by atoms with Crippen LogP contribution in [-0.2, 0) is 24.2 Å². The molecule has 0 fully saturated rings. The van der Waals surface area contributed by atoms with Crippen molar-refractivity contribution in [1.82, 2.24) is 14.8 Å². The average Bonchev–Trinajstić information content (AvgIpc) is 3.35. The summed E-state index contributed by atoms with van der Waals surface area (Å²) in [6, 6.07) is 17.4. The van der Waals surface area contributed by atoms with E-state index in [-0.39, 0.29) is 5.91 Å². The molecule has 2 aliphatic heterocycles. The van der Waals surface area contributed by atoms with Crippen molar-refractivity contribution < 1.29 is 14.4 Å². The highest BCUT2D eigenvalue weighted by atomic mass is 16.2. The van der Waals surface area contributed by atoms with E-state index in [1.165, 1.54) is 0 Å². The van der Waals surface area contributed by atoms with Gasteiger partial charge in [-0.05, 0) is 29.3 Å². The van der Waals surface area contributed by atoms with Gasteiger partial charge in [-0.2, -0.15) is 0 Å². The molecule has 0 saturated carbocycles. The van der Waals surface area contributed by atoms with Gasteiger partial charge in [-0.25, -0.2) is 0 Å². The average molecular weight is 399 g/mol. The quantitative estimate of drug-likeness (QED) is 0.686. The Morgan fingerprint density at radius 2 is 1.60 bits per heavy atom. The molecule has 2 aromatic carbocycles. The number of hydrogen-bond acceptors (Lipinski definition) is 3. The van der Waals surface area contributed by atoms with Crippen LogP contribution in [0.3, 0.4) is 0 Å². The van der Waals surface area contributed by atoms with Crippen molar-refractivity contribution in [2.24, 2.45) is 0 Å².